The summed E-state index contributed by atoms with van der Waals surface area (Å²) in [6.45, 7) is 6.00. The summed E-state index contributed by atoms with van der Waals surface area (Å²) in [6, 6.07) is 15.8. The molecule has 2 heterocycles. The normalized spacial score (nSPS) is 14.4. The van der Waals surface area contributed by atoms with E-state index in [1.807, 2.05) is 18.4 Å². The maximum Gasteiger partial charge on any atom is 0.416 e. The van der Waals surface area contributed by atoms with Crippen LogP contribution < -0.4 is 10.1 Å². The molecule has 4 aromatic rings. The first-order chi connectivity index (χ1) is 20.7. The zero-order valence-corrected chi connectivity index (χ0v) is 24.4. The Balaban J connectivity index is 1.35. The van der Waals surface area contributed by atoms with Crippen molar-refractivity contribution in [3.63, 3.8) is 0 Å². The van der Waals surface area contributed by atoms with E-state index in [0.29, 0.717) is 70.8 Å². The second-order valence-electron chi connectivity index (χ2n) is 9.72. The van der Waals surface area contributed by atoms with Crippen molar-refractivity contribution in [2.24, 2.45) is 0 Å². The molecule has 1 N–H and O–H groups in total. The van der Waals surface area contributed by atoms with Crippen molar-refractivity contribution >= 4 is 28.5 Å². The highest BCUT2D eigenvalue weighted by Crippen LogP contribution is 2.37. The minimum Gasteiger partial charge on any atom is -0.491 e. The summed E-state index contributed by atoms with van der Waals surface area (Å²) < 4.78 is 67.1. The fourth-order valence-corrected chi connectivity index (χ4v) is 6.17. The number of carbonyl (C=O) groups excluding carboxylic acids is 1. The first-order valence-corrected chi connectivity index (χ1v) is 15.1. The smallest absolute Gasteiger partial charge is 0.416 e. The molecule has 1 aliphatic rings. The van der Waals surface area contributed by atoms with Crippen LogP contribution in [-0.4, -0.2) is 39.5 Å². The van der Waals surface area contributed by atoms with Gasteiger partial charge in [-0.25, -0.2) is 4.98 Å². The number of ether oxygens (including phenoxy) is 2. The van der Waals surface area contributed by atoms with Crippen LogP contribution in [0.2, 0.25) is 0 Å². The van der Waals surface area contributed by atoms with E-state index in [2.05, 4.69) is 10.3 Å². The number of nitrogens with zero attached hydrogens (tertiary/aromatic N) is 2. The molecule has 0 aliphatic carbocycles. The highest BCUT2D eigenvalue weighted by Gasteiger charge is 2.33. The molecule has 0 saturated heterocycles. The molecule has 1 aliphatic heterocycles. The zero-order chi connectivity index (χ0) is 30.6. The maximum absolute atomic E-state index is 13.8. The van der Waals surface area contributed by atoms with Crippen LogP contribution >= 0.6 is 0 Å². The van der Waals surface area contributed by atoms with E-state index in [1.54, 1.807) is 48.8 Å². The summed E-state index contributed by atoms with van der Waals surface area (Å²) in [7, 11) is -1.26. The summed E-state index contributed by atoms with van der Waals surface area (Å²) in [5.41, 5.74) is 2.89. The zero-order valence-electron chi connectivity index (χ0n) is 23.6. The number of hydrogen-bond acceptors (Lipinski definition) is 5. The number of anilines is 1. The van der Waals surface area contributed by atoms with E-state index < -0.39 is 28.4 Å². The monoisotopic (exact) mass is 609 g/mol. The van der Waals surface area contributed by atoms with E-state index in [1.165, 1.54) is 12.1 Å². The van der Waals surface area contributed by atoms with Gasteiger partial charge in [-0.15, -0.1) is 0 Å². The van der Waals surface area contributed by atoms with E-state index in [0.717, 1.165) is 23.9 Å². The molecule has 224 valence electrons. The lowest BCUT2D eigenvalue weighted by atomic mass is 9.98. The number of benzene rings is 3. The minimum absolute atomic E-state index is 0.146. The molecule has 0 radical (unpaired) electrons. The average molecular weight is 610 g/mol. The van der Waals surface area contributed by atoms with Crippen molar-refractivity contribution in [1.82, 2.24) is 9.55 Å². The van der Waals surface area contributed by atoms with Crippen LogP contribution in [-0.2, 0) is 38.8 Å². The molecule has 0 saturated carbocycles. The minimum atomic E-state index is -4.61. The number of halogens is 3. The highest BCUT2D eigenvalue weighted by molar-refractivity contribution is 7.84. The van der Waals surface area contributed by atoms with Crippen molar-refractivity contribution in [2.45, 2.75) is 37.2 Å². The molecular formula is C32H30F3N3O4S. The lowest BCUT2D eigenvalue weighted by molar-refractivity contribution is -0.137. The number of imidazole rings is 1. The quantitative estimate of drug-likeness (QED) is 0.156. The molecular weight excluding hydrogens is 579 g/mol. The Hall–Kier alpha value is -4.22. The van der Waals surface area contributed by atoms with E-state index in [9.17, 15) is 22.2 Å². The topological polar surface area (TPSA) is 82.4 Å². The van der Waals surface area contributed by atoms with E-state index in [-0.39, 0.29) is 5.56 Å². The Morgan fingerprint density at radius 2 is 1.81 bits per heavy atom. The van der Waals surface area contributed by atoms with Crippen LogP contribution in [0.1, 0.15) is 30.7 Å². The molecule has 3 aromatic carbocycles. The standard InChI is InChI=1S/C32H30F3N3O4S/c1-3-38-20-36-31-26-18-24(9-13-29(26)43(40)19-28(31)38)37-30(39)14-8-23-17-22(7-12-27(23)32(33,34)35)21-5-10-25(11-6-21)42-16-15-41-4-2/h5-14,17-18,20H,3-4,15-16,19H2,1-2H3,(H,37,39)/b14-8+/t43-/m1/s1. The summed E-state index contributed by atoms with van der Waals surface area (Å²) in [6.07, 6.45) is -0.690. The molecule has 7 nitrogen and oxygen atoms in total. The van der Waals surface area contributed by atoms with Gasteiger partial charge < -0.3 is 19.4 Å². The van der Waals surface area contributed by atoms with Crippen molar-refractivity contribution in [3.05, 3.63) is 89.9 Å². The van der Waals surface area contributed by atoms with Gasteiger partial charge in [0, 0.05) is 35.4 Å². The lowest BCUT2D eigenvalue weighted by Crippen LogP contribution is -2.12. The maximum atomic E-state index is 13.8. The van der Waals surface area contributed by atoms with Crippen LogP contribution in [0.25, 0.3) is 28.5 Å². The number of carbonyl (C=O) groups is 1. The fraction of sp³-hybridized carbons (Fsp3) is 0.250. The van der Waals surface area contributed by atoms with E-state index >= 15 is 0 Å². The third-order valence-corrected chi connectivity index (χ3v) is 8.34. The Morgan fingerprint density at radius 1 is 1.05 bits per heavy atom. The summed E-state index contributed by atoms with van der Waals surface area (Å²) in [5.74, 6) is 0.372. The predicted octanol–water partition coefficient (Wildman–Crippen LogP) is 6.94. The Kier molecular flexibility index (Phi) is 9.12. The van der Waals surface area contributed by atoms with Crippen LogP contribution in [0, 0.1) is 0 Å². The number of nitrogens with one attached hydrogen (secondary N) is 1. The molecule has 1 amide bonds. The fourth-order valence-electron chi connectivity index (χ4n) is 4.84. The summed E-state index contributed by atoms with van der Waals surface area (Å²) in [5, 5.41) is 2.70. The number of aromatic nitrogens is 2. The number of alkyl halides is 3. The molecule has 0 bridgehead atoms. The van der Waals surface area contributed by atoms with Gasteiger partial charge in [0.25, 0.3) is 0 Å². The highest BCUT2D eigenvalue weighted by atomic mass is 32.2. The van der Waals surface area contributed by atoms with Gasteiger partial charge in [-0.05, 0) is 79.1 Å². The molecule has 0 spiro atoms. The second kappa shape index (κ2) is 13.0. The van der Waals surface area contributed by atoms with Gasteiger partial charge in [-0.3, -0.25) is 9.00 Å². The van der Waals surface area contributed by atoms with Gasteiger partial charge in [0.1, 0.15) is 12.4 Å². The Bertz CT molecular complexity index is 1680. The lowest BCUT2D eigenvalue weighted by Gasteiger charge is -2.18. The van der Waals surface area contributed by atoms with Gasteiger partial charge in [-0.1, -0.05) is 18.2 Å². The first-order valence-electron chi connectivity index (χ1n) is 13.8. The summed E-state index contributed by atoms with van der Waals surface area (Å²) in [4.78, 5) is 17.9. The third kappa shape index (κ3) is 6.89. The van der Waals surface area contributed by atoms with Crippen LogP contribution in [0.15, 0.2) is 78.0 Å². The Labute approximate surface area is 249 Å². The molecule has 1 aromatic heterocycles. The molecule has 0 unspecified atom stereocenters. The number of fused-ring (bicyclic) bond motifs is 3. The van der Waals surface area contributed by atoms with Crippen LogP contribution in [0.4, 0.5) is 18.9 Å². The van der Waals surface area contributed by atoms with Crippen molar-refractivity contribution in [2.75, 3.05) is 25.1 Å². The first kappa shape index (κ1) is 30.2. The van der Waals surface area contributed by atoms with Crippen LogP contribution in [0.5, 0.6) is 5.75 Å². The molecule has 5 rings (SSSR count). The van der Waals surface area contributed by atoms with Crippen molar-refractivity contribution < 1.29 is 31.6 Å². The largest absolute Gasteiger partial charge is 0.491 e. The number of rotatable bonds is 10. The summed E-state index contributed by atoms with van der Waals surface area (Å²) >= 11 is 0. The number of amides is 1. The van der Waals surface area contributed by atoms with Gasteiger partial charge in [0.05, 0.1) is 46.4 Å². The third-order valence-electron chi connectivity index (χ3n) is 6.96. The second-order valence-corrected chi connectivity index (χ2v) is 11.1. The van der Waals surface area contributed by atoms with Gasteiger partial charge >= 0.3 is 6.18 Å². The number of hydrogen-bond donors (Lipinski definition) is 1. The van der Waals surface area contributed by atoms with Crippen LogP contribution in [0.3, 0.4) is 0 Å². The Morgan fingerprint density at radius 3 is 2.53 bits per heavy atom. The molecule has 1 atom stereocenters. The van der Waals surface area contributed by atoms with Crippen molar-refractivity contribution in [3.8, 4) is 28.1 Å². The molecule has 43 heavy (non-hydrogen) atoms. The molecule has 0 fully saturated rings. The van der Waals surface area contributed by atoms with Gasteiger partial charge in [-0.2, -0.15) is 13.2 Å². The van der Waals surface area contributed by atoms with Gasteiger partial charge in [0.15, 0.2) is 0 Å². The predicted molar refractivity (Wildman–Crippen MR) is 160 cm³/mol. The van der Waals surface area contributed by atoms with Gasteiger partial charge in [0.2, 0.25) is 5.91 Å². The van der Waals surface area contributed by atoms with E-state index in [4.69, 9.17) is 9.47 Å². The van der Waals surface area contributed by atoms with Crippen molar-refractivity contribution in [1.29, 1.82) is 0 Å². The molecule has 11 heteroatoms. The number of aryl methyl sites for hydroxylation is 1. The SMILES string of the molecule is CCOCCOc1ccc(-c2ccc(C(F)(F)F)c(/C=C/C(=O)Nc3ccc4c(c3)-c3ncn(CC)c3C[S@]4=O)c2)cc1. The average Bonchev–Trinajstić information content (AvgIpc) is 3.41.